The summed E-state index contributed by atoms with van der Waals surface area (Å²) in [5.41, 5.74) is 5.01. The minimum Gasteiger partial charge on any atom is -0.372 e. The van der Waals surface area contributed by atoms with Gasteiger partial charge in [0.2, 0.25) is 0 Å². The van der Waals surface area contributed by atoms with Gasteiger partial charge in [0.1, 0.15) is 0 Å². The van der Waals surface area contributed by atoms with E-state index in [2.05, 4.69) is 34.6 Å². The van der Waals surface area contributed by atoms with E-state index in [0.717, 1.165) is 35.1 Å². The van der Waals surface area contributed by atoms with Crippen molar-refractivity contribution < 1.29 is 9.59 Å². The number of benzene rings is 3. The fraction of sp³-hybridized carbons (Fsp3) is 0.208. The summed E-state index contributed by atoms with van der Waals surface area (Å²) in [5, 5.41) is 8.44. The van der Waals surface area contributed by atoms with Crippen LogP contribution in [0, 0.1) is 0 Å². The highest BCUT2D eigenvalue weighted by molar-refractivity contribution is 6.07. The highest BCUT2D eigenvalue weighted by Crippen LogP contribution is 2.18. The standard InChI is InChI=1S/C24H26N4O2/c1-3-28(4-2)20-14-12-18(13-15-20)16-26-27-23(29)17-25-24(30)22-11-7-9-19-8-5-6-10-21(19)22/h5-16H,3-4,17H2,1-2H3,(H,25,30)(H,27,29)/b26-16-. The Morgan fingerprint density at radius 1 is 0.933 bits per heavy atom. The van der Waals surface area contributed by atoms with E-state index in [9.17, 15) is 9.59 Å². The van der Waals surface area contributed by atoms with Crippen molar-refractivity contribution in [3.8, 4) is 0 Å². The van der Waals surface area contributed by atoms with Crippen LogP contribution in [0.4, 0.5) is 5.69 Å². The van der Waals surface area contributed by atoms with E-state index in [4.69, 9.17) is 0 Å². The molecule has 6 heteroatoms. The lowest BCUT2D eigenvalue weighted by Gasteiger charge is -2.20. The number of anilines is 1. The average molecular weight is 402 g/mol. The lowest BCUT2D eigenvalue weighted by molar-refractivity contribution is -0.120. The van der Waals surface area contributed by atoms with Crippen LogP contribution in [0.15, 0.2) is 71.8 Å². The van der Waals surface area contributed by atoms with Crippen LogP contribution in [0.3, 0.4) is 0 Å². The van der Waals surface area contributed by atoms with Gasteiger partial charge in [0.25, 0.3) is 11.8 Å². The van der Waals surface area contributed by atoms with Crippen molar-refractivity contribution in [2.24, 2.45) is 5.10 Å². The molecule has 3 aromatic carbocycles. The summed E-state index contributed by atoms with van der Waals surface area (Å²) in [7, 11) is 0. The third-order valence-electron chi connectivity index (χ3n) is 4.87. The number of carbonyl (C=O) groups excluding carboxylic acids is 2. The fourth-order valence-corrected chi connectivity index (χ4v) is 3.26. The number of hydrogen-bond donors (Lipinski definition) is 2. The molecule has 0 atom stereocenters. The predicted octanol–water partition coefficient (Wildman–Crippen LogP) is 3.57. The molecule has 2 amide bonds. The fourth-order valence-electron chi connectivity index (χ4n) is 3.26. The zero-order valence-corrected chi connectivity index (χ0v) is 17.3. The van der Waals surface area contributed by atoms with Crippen molar-refractivity contribution in [2.45, 2.75) is 13.8 Å². The maximum absolute atomic E-state index is 12.5. The molecule has 0 aliphatic rings. The molecule has 0 heterocycles. The Hall–Kier alpha value is -3.67. The first-order chi connectivity index (χ1) is 14.6. The molecule has 0 saturated carbocycles. The van der Waals surface area contributed by atoms with Crippen LogP contribution < -0.4 is 15.6 Å². The summed E-state index contributed by atoms with van der Waals surface area (Å²) >= 11 is 0. The van der Waals surface area contributed by atoms with Gasteiger partial charge in [0.05, 0.1) is 12.8 Å². The van der Waals surface area contributed by atoms with Gasteiger partial charge in [-0.1, -0.05) is 48.5 Å². The minimum atomic E-state index is -0.389. The number of hydrogen-bond acceptors (Lipinski definition) is 4. The second kappa shape index (κ2) is 10.2. The predicted molar refractivity (Wildman–Crippen MR) is 122 cm³/mol. The molecule has 0 bridgehead atoms. The maximum atomic E-state index is 12.5. The zero-order valence-electron chi connectivity index (χ0n) is 17.3. The number of amides is 2. The lowest BCUT2D eigenvalue weighted by Crippen LogP contribution is -2.35. The molecule has 2 N–H and O–H groups in total. The van der Waals surface area contributed by atoms with Gasteiger partial charge in [0, 0.05) is 24.3 Å². The second-order valence-electron chi connectivity index (χ2n) is 6.77. The topological polar surface area (TPSA) is 73.8 Å². The molecule has 0 aromatic heterocycles. The van der Waals surface area contributed by atoms with Crippen LogP contribution in [0.1, 0.15) is 29.8 Å². The first-order valence-electron chi connectivity index (χ1n) is 10.0. The van der Waals surface area contributed by atoms with Gasteiger partial charge in [-0.2, -0.15) is 5.10 Å². The number of hydrazone groups is 1. The van der Waals surface area contributed by atoms with Gasteiger partial charge < -0.3 is 10.2 Å². The molecule has 0 radical (unpaired) electrons. The highest BCUT2D eigenvalue weighted by Gasteiger charge is 2.10. The molecule has 3 rings (SSSR count). The summed E-state index contributed by atoms with van der Waals surface area (Å²) < 4.78 is 0. The number of rotatable bonds is 8. The number of nitrogens with one attached hydrogen (secondary N) is 2. The van der Waals surface area contributed by atoms with E-state index >= 15 is 0 Å². The maximum Gasteiger partial charge on any atom is 0.259 e. The van der Waals surface area contributed by atoms with Gasteiger partial charge >= 0.3 is 0 Å². The molecule has 0 unspecified atom stereocenters. The Morgan fingerprint density at radius 2 is 1.63 bits per heavy atom. The highest BCUT2D eigenvalue weighted by atomic mass is 16.2. The van der Waals surface area contributed by atoms with Crippen LogP contribution in [0.25, 0.3) is 10.8 Å². The van der Waals surface area contributed by atoms with E-state index in [1.165, 1.54) is 0 Å². The molecule has 0 aliphatic heterocycles. The normalized spacial score (nSPS) is 10.9. The van der Waals surface area contributed by atoms with Crippen molar-refractivity contribution in [2.75, 3.05) is 24.5 Å². The van der Waals surface area contributed by atoms with Gasteiger partial charge in [-0.05, 0) is 48.4 Å². The van der Waals surface area contributed by atoms with Gasteiger partial charge in [-0.3, -0.25) is 9.59 Å². The van der Waals surface area contributed by atoms with E-state index in [1.807, 2.05) is 60.7 Å². The molecule has 3 aromatic rings. The Morgan fingerprint density at radius 3 is 2.37 bits per heavy atom. The summed E-state index contributed by atoms with van der Waals surface area (Å²) in [6.45, 7) is 5.98. The lowest BCUT2D eigenvalue weighted by atomic mass is 10.0. The third kappa shape index (κ3) is 5.23. The number of fused-ring (bicyclic) bond motifs is 1. The SMILES string of the molecule is CCN(CC)c1ccc(/C=N\NC(=O)CNC(=O)c2cccc3ccccc23)cc1. The molecule has 0 spiro atoms. The van der Waals surface area contributed by atoms with Crippen LogP contribution >= 0.6 is 0 Å². The molecule has 6 nitrogen and oxygen atoms in total. The average Bonchev–Trinajstić information content (AvgIpc) is 2.79. The van der Waals surface area contributed by atoms with E-state index in [1.54, 1.807) is 12.3 Å². The second-order valence-corrected chi connectivity index (χ2v) is 6.77. The van der Waals surface area contributed by atoms with Crippen LogP contribution in [-0.4, -0.2) is 37.7 Å². The Labute approximate surface area is 176 Å². The van der Waals surface area contributed by atoms with Crippen molar-refractivity contribution >= 4 is 34.5 Å². The van der Waals surface area contributed by atoms with Gasteiger partial charge in [0.15, 0.2) is 0 Å². The van der Waals surface area contributed by atoms with Gasteiger partial charge in [-0.15, -0.1) is 0 Å². The molecule has 30 heavy (non-hydrogen) atoms. The van der Waals surface area contributed by atoms with E-state index in [0.29, 0.717) is 5.56 Å². The Balaban J connectivity index is 1.51. The molecule has 154 valence electrons. The van der Waals surface area contributed by atoms with Crippen molar-refractivity contribution in [1.29, 1.82) is 0 Å². The minimum absolute atomic E-state index is 0.152. The third-order valence-corrected chi connectivity index (χ3v) is 4.87. The van der Waals surface area contributed by atoms with Crippen molar-refractivity contribution in [3.05, 3.63) is 77.9 Å². The van der Waals surface area contributed by atoms with E-state index in [-0.39, 0.29) is 18.4 Å². The smallest absolute Gasteiger partial charge is 0.259 e. The summed E-state index contributed by atoms with van der Waals surface area (Å²) in [4.78, 5) is 26.7. The summed E-state index contributed by atoms with van der Waals surface area (Å²) in [6.07, 6.45) is 1.58. The molecule has 0 saturated heterocycles. The monoisotopic (exact) mass is 402 g/mol. The number of carbonyl (C=O) groups is 2. The zero-order chi connectivity index (χ0) is 21.3. The Bertz CT molecular complexity index is 1040. The molecule has 0 aliphatic carbocycles. The largest absolute Gasteiger partial charge is 0.372 e. The van der Waals surface area contributed by atoms with Gasteiger partial charge in [-0.25, -0.2) is 5.43 Å². The quantitative estimate of drug-likeness (QED) is 0.447. The van der Waals surface area contributed by atoms with Crippen LogP contribution in [0.5, 0.6) is 0 Å². The molecular formula is C24H26N4O2. The van der Waals surface area contributed by atoms with Crippen molar-refractivity contribution in [3.63, 3.8) is 0 Å². The molecule has 0 fully saturated rings. The van der Waals surface area contributed by atoms with E-state index < -0.39 is 0 Å². The Kier molecular flexibility index (Phi) is 7.16. The van der Waals surface area contributed by atoms with Crippen LogP contribution in [-0.2, 0) is 4.79 Å². The summed E-state index contributed by atoms with van der Waals surface area (Å²) in [6, 6.07) is 21.1. The summed E-state index contributed by atoms with van der Waals surface area (Å²) in [5.74, 6) is -0.683. The number of nitrogens with zero attached hydrogens (tertiary/aromatic N) is 2. The van der Waals surface area contributed by atoms with Crippen LogP contribution in [0.2, 0.25) is 0 Å². The first kappa shape index (κ1) is 21.0. The van der Waals surface area contributed by atoms with Crippen molar-refractivity contribution in [1.82, 2.24) is 10.7 Å². The first-order valence-corrected chi connectivity index (χ1v) is 10.0. The molecular weight excluding hydrogens is 376 g/mol.